The Hall–Kier alpha value is -2.30. The lowest BCUT2D eigenvalue weighted by Gasteiger charge is -2.12. The van der Waals surface area contributed by atoms with E-state index < -0.39 is 0 Å². The number of hydrogen-bond donors (Lipinski definition) is 1. The summed E-state index contributed by atoms with van der Waals surface area (Å²) in [6, 6.07) is 9.21. The fourth-order valence-electron chi connectivity index (χ4n) is 1.94. The van der Waals surface area contributed by atoms with Crippen molar-refractivity contribution < 1.29 is 9.66 Å². The van der Waals surface area contributed by atoms with Gasteiger partial charge in [0.15, 0.2) is 0 Å². The van der Waals surface area contributed by atoms with E-state index in [9.17, 15) is 10.1 Å². The smallest absolute Gasteiger partial charge is 0.214 e. The highest BCUT2D eigenvalue weighted by atomic mass is 16.6. The summed E-state index contributed by atoms with van der Waals surface area (Å²) < 4.78 is 5.08. The molecule has 0 saturated carbocycles. The van der Waals surface area contributed by atoms with Gasteiger partial charge < -0.3 is 9.72 Å². The predicted molar refractivity (Wildman–Crippen MR) is 67.5 cm³/mol. The second-order valence-corrected chi connectivity index (χ2v) is 3.99. The molecule has 1 aromatic carbocycles. The molecule has 5 nitrogen and oxygen atoms in total. The van der Waals surface area contributed by atoms with Gasteiger partial charge in [-0.3, -0.25) is 10.1 Å². The fraction of sp³-hybridized carbons (Fsp3) is 0.231. The number of aromatic amines is 1. The zero-order valence-corrected chi connectivity index (χ0v) is 10.00. The Kier molecular flexibility index (Phi) is 3.62. The largest absolute Gasteiger partial charge is 0.497 e. The number of aromatic nitrogens is 1. The van der Waals surface area contributed by atoms with Crippen LogP contribution in [-0.4, -0.2) is 23.6 Å². The minimum Gasteiger partial charge on any atom is -0.497 e. The Labute approximate surface area is 105 Å². The minimum atomic E-state index is -0.290. The van der Waals surface area contributed by atoms with Crippen LogP contribution in [0.1, 0.15) is 17.0 Å². The first-order valence-electron chi connectivity index (χ1n) is 5.59. The second kappa shape index (κ2) is 5.35. The third-order valence-corrected chi connectivity index (χ3v) is 2.87. The molecule has 94 valence electrons. The summed E-state index contributed by atoms with van der Waals surface area (Å²) >= 11 is 0. The SMILES string of the molecule is COc1ccc(C(C[N+](=O)[O-])c2cc[nH]c2)cc1. The van der Waals surface area contributed by atoms with Gasteiger partial charge in [0.25, 0.3) is 0 Å². The van der Waals surface area contributed by atoms with Crippen LogP contribution in [-0.2, 0) is 0 Å². The minimum absolute atomic E-state index is 0.121. The molecule has 1 aromatic heterocycles. The van der Waals surface area contributed by atoms with Gasteiger partial charge in [-0.1, -0.05) is 12.1 Å². The van der Waals surface area contributed by atoms with Crippen molar-refractivity contribution in [2.45, 2.75) is 5.92 Å². The van der Waals surface area contributed by atoms with E-state index in [4.69, 9.17) is 4.74 Å². The molecule has 1 atom stereocenters. The molecule has 0 fully saturated rings. The summed E-state index contributed by atoms with van der Waals surface area (Å²) in [6.45, 7) is -0.121. The van der Waals surface area contributed by atoms with Crippen LogP contribution < -0.4 is 4.74 Å². The van der Waals surface area contributed by atoms with Crippen molar-refractivity contribution in [1.29, 1.82) is 0 Å². The lowest BCUT2D eigenvalue weighted by molar-refractivity contribution is -0.481. The Morgan fingerprint density at radius 2 is 2.00 bits per heavy atom. The van der Waals surface area contributed by atoms with Crippen molar-refractivity contribution in [2.75, 3.05) is 13.7 Å². The summed E-state index contributed by atoms with van der Waals surface area (Å²) in [5.41, 5.74) is 1.82. The van der Waals surface area contributed by atoms with Crippen LogP contribution >= 0.6 is 0 Å². The van der Waals surface area contributed by atoms with Crippen LogP contribution in [0.25, 0.3) is 0 Å². The van der Waals surface area contributed by atoms with Crippen LogP contribution in [0.15, 0.2) is 42.7 Å². The molecule has 0 aliphatic carbocycles. The van der Waals surface area contributed by atoms with Crippen molar-refractivity contribution in [3.63, 3.8) is 0 Å². The maximum Gasteiger partial charge on any atom is 0.214 e. The monoisotopic (exact) mass is 246 g/mol. The zero-order chi connectivity index (χ0) is 13.0. The summed E-state index contributed by atoms with van der Waals surface area (Å²) in [5.74, 6) is 0.504. The maximum atomic E-state index is 10.8. The number of nitro groups is 1. The number of nitrogens with one attached hydrogen (secondary N) is 1. The normalized spacial score (nSPS) is 12.1. The van der Waals surface area contributed by atoms with Crippen molar-refractivity contribution >= 4 is 0 Å². The van der Waals surface area contributed by atoms with Gasteiger partial charge in [0.2, 0.25) is 6.54 Å². The summed E-state index contributed by atoms with van der Waals surface area (Å²) in [4.78, 5) is 13.4. The molecule has 2 rings (SSSR count). The van der Waals surface area contributed by atoms with Gasteiger partial charge in [0.1, 0.15) is 5.75 Å². The van der Waals surface area contributed by atoms with Crippen LogP contribution in [0, 0.1) is 10.1 Å². The number of benzene rings is 1. The van der Waals surface area contributed by atoms with E-state index in [2.05, 4.69) is 4.98 Å². The summed E-state index contributed by atoms with van der Waals surface area (Å²) in [6.07, 6.45) is 3.56. The molecule has 1 unspecified atom stereocenters. The van der Waals surface area contributed by atoms with Gasteiger partial charge in [-0.25, -0.2) is 0 Å². The molecule has 0 amide bonds. The number of ether oxygens (including phenoxy) is 1. The number of methoxy groups -OCH3 is 1. The number of H-pyrrole nitrogens is 1. The van der Waals surface area contributed by atoms with Crippen LogP contribution in [0.5, 0.6) is 5.75 Å². The third-order valence-electron chi connectivity index (χ3n) is 2.87. The number of nitrogens with zero attached hydrogens (tertiary/aromatic N) is 1. The molecule has 0 spiro atoms. The molecule has 2 aromatic rings. The molecular formula is C13H14N2O3. The molecule has 0 aliphatic heterocycles. The van der Waals surface area contributed by atoms with Crippen molar-refractivity contribution in [1.82, 2.24) is 4.98 Å². The van der Waals surface area contributed by atoms with E-state index in [1.807, 2.05) is 30.3 Å². The average molecular weight is 246 g/mol. The second-order valence-electron chi connectivity index (χ2n) is 3.99. The highest BCUT2D eigenvalue weighted by molar-refractivity contribution is 5.35. The van der Waals surface area contributed by atoms with Gasteiger partial charge in [0, 0.05) is 17.3 Å². The van der Waals surface area contributed by atoms with Gasteiger partial charge in [-0.2, -0.15) is 0 Å². The fourth-order valence-corrected chi connectivity index (χ4v) is 1.94. The summed E-state index contributed by atoms with van der Waals surface area (Å²) in [7, 11) is 1.59. The molecule has 0 radical (unpaired) electrons. The lowest BCUT2D eigenvalue weighted by Crippen LogP contribution is -2.13. The molecule has 0 saturated heterocycles. The first kappa shape index (κ1) is 12.2. The average Bonchev–Trinajstić information content (AvgIpc) is 2.89. The first-order valence-corrected chi connectivity index (χ1v) is 5.59. The molecule has 5 heteroatoms. The topological polar surface area (TPSA) is 68.2 Å². The van der Waals surface area contributed by atoms with E-state index in [1.165, 1.54) is 0 Å². The quantitative estimate of drug-likeness (QED) is 0.650. The highest BCUT2D eigenvalue weighted by Crippen LogP contribution is 2.26. The summed E-state index contributed by atoms with van der Waals surface area (Å²) in [5, 5.41) is 10.8. The molecule has 1 heterocycles. The van der Waals surface area contributed by atoms with E-state index in [-0.39, 0.29) is 17.4 Å². The van der Waals surface area contributed by atoms with Crippen LogP contribution in [0.3, 0.4) is 0 Å². The van der Waals surface area contributed by atoms with Gasteiger partial charge in [-0.05, 0) is 29.3 Å². The van der Waals surface area contributed by atoms with Gasteiger partial charge in [0.05, 0.1) is 13.0 Å². The standard InChI is InChI=1S/C13H14N2O3/c1-18-12-4-2-10(3-5-12)13(9-15(16)17)11-6-7-14-8-11/h2-8,13-14H,9H2,1H3. The number of hydrogen-bond acceptors (Lipinski definition) is 3. The van der Waals surface area contributed by atoms with Crippen molar-refractivity contribution in [2.24, 2.45) is 0 Å². The van der Waals surface area contributed by atoms with E-state index >= 15 is 0 Å². The van der Waals surface area contributed by atoms with Gasteiger partial charge in [-0.15, -0.1) is 0 Å². The van der Waals surface area contributed by atoms with Crippen LogP contribution in [0.4, 0.5) is 0 Å². The Balaban J connectivity index is 2.30. The Bertz CT molecular complexity index is 506. The first-order chi connectivity index (χ1) is 8.70. The third kappa shape index (κ3) is 2.68. The Morgan fingerprint density at radius 3 is 2.50 bits per heavy atom. The molecule has 0 bridgehead atoms. The lowest BCUT2D eigenvalue weighted by atomic mass is 9.93. The van der Waals surface area contributed by atoms with E-state index in [0.29, 0.717) is 0 Å². The molecule has 18 heavy (non-hydrogen) atoms. The van der Waals surface area contributed by atoms with Crippen molar-refractivity contribution in [3.8, 4) is 5.75 Å². The highest BCUT2D eigenvalue weighted by Gasteiger charge is 2.20. The van der Waals surface area contributed by atoms with Crippen molar-refractivity contribution in [3.05, 3.63) is 64.0 Å². The molecule has 0 aliphatic rings. The molecule has 1 N–H and O–H groups in total. The predicted octanol–water partition coefficient (Wildman–Crippen LogP) is 2.43. The number of rotatable bonds is 5. The zero-order valence-electron chi connectivity index (χ0n) is 10.00. The van der Waals surface area contributed by atoms with Crippen LogP contribution in [0.2, 0.25) is 0 Å². The van der Waals surface area contributed by atoms with Gasteiger partial charge >= 0.3 is 0 Å². The Morgan fingerprint density at radius 1 is 1.28 bits per heavy atom. The van der Waals surface area contributed by atoms with E-state index in [0.717, 1.165) is 16.9 Å². The maximum absolute atomic E-state index is 10.8. The molecular weight excluding hydrogens is 232 g/mol. The van der Waals surface area contributed by atoms with E-state index in [1.54, 1.807) is 19.5 Å².